The quantitative estimate of drug-likeness (QED) is 0.749. The normalized spacial score (nSPS) is 28.0. The summed E-state index contributed by atoms with van der Waals surface area (Å²) < 4.78 is 5.35. The van der Waals surface area contributed by atoms with E-state index < -0.39 is 11.7 Å². The molecular formula is C12H23NO3. The number of likely N-dealkylation sites (tertiary alicyclic amines) is 1. The van der Waals surface area contributed by atoms with E-state index in [1.807, 2.05) is 27.7 Å². The Morgan fingerprint density at radius 3 is 2.44 bits per heavy atom. The van der Waals surface area contributed by atoms with E-state index in [4.69, 9.17) is 4.74 Å². The molecular weight excluding hydrogens is 206 g/mol. The minimum atomic E-state index is -0.502. The number of aliphatic hydroxyl groups excluding tert-OH is 1. The molecule has 0 aromatic carbocycles. The fourth-order valence-electron chi connectivity index (χ4n) is 2.12. The molecule has 0 saturated carbocycles. The number of amides is 1. The summed E-state index contributed by atoms with van der Waals surface area (Å²) in [5.41, 5.74) is -0.483. The second-order valence-electron chi connectivity index (χ2n) is 5.62. The van der Waals surface area contributed by atoms with Crippen LogP contribution in [0.1, 0.15) is 47.5 Å². The van der Waals surface area contributed by atoms with Crippen molar-refractivity contribution in [3.63, 3.8) is 0 Å². The molecule has 1 fully saturated rings. The maximum Gasteiger partial charge on any atom is 0.410 e. The Hall–Kier alpha value is -0.770. The van der Waals surface area contributed by atoms with Crippen molar-refractivity contribution in [1.29, 1.82) is 0 Å². The molecule has 0 unspecified atom stereocenters. The molecule has 0 aromatic heterocycles. The van der Waals surface area contributed by atoms with Crippen LogP contribution in [-0.4, -0.2) is 39.9 Å². The van der Waals surface area contributed by atoms with E-state index in [9.17, 15) is 9.90 Å². The molecule has 1 saturated heterocycles. The Bertz CT molecular complexity index is 257. The number of ether oxygens (including phenoxy) is 1. The first-order chi connectivity index (χ1) is 7.22. The van der Waals surface area contributed by atoms with Crippen molar-refractivity contribution in [2.45, 2.75) is 71.2 Å². The number of carbonyl (C=O) groups is 1. The van der Waals surface area contributed by atoms with Crippen molar-refractivity contribution < 1.29 is 14.6 Å². The molecule has 0 aliphatic carbocycles. The molecule has 0 spiro atoms. The largest absolute Gasteiger partial charge is 0.444 e. The molecule has 94 valence electrons. The highest BCUT2D eigenvalue weighted by Crippen LogP contribution is 2.28. The number of aliphatic hydroxyl groups is 1. The first-order valence-electron chi connectivity index (χ1n) is 5.92. The number of nitrogens with zero attached hydrogens (tertiary/aromatic N) is 1. The van der Waals surface area contributed by atoms with Crippen LogP contribution in [0.5, 0.6) is 0 Å². The topological polar surface area (TPSA) is 49.8 Å². The van der Waals surface area contributed by atoms with Crippen LogP contribution in [0.3, 0.4) is 0 Å². The van der Waals surface area contributed by atoms with E-state index in [0.717, 1.165) is 12.8 Å². The average molecular weight is 229 g/mol. The Kier molecular flexibility index (Phi) is 3.84. The summed E-state index contributed by atoms with van der Waals surface area (Å²) in [4.78, 5) is 13.7. The molecule has 4 nitrogen and oxygen atoms in total. The Morgan fingerprint density at radius 1 is 1.44 bits per heavy atom. The fourth-order valence-corrected chi connectivity index (χ4v) is 2.12. The molecule has 0 radical (unpaired) electrons. The maximum absolute atomic E-state index is 12.0. The summed E-state index contributed by atoms with van der Waals surface area (Å²) in [6.45, 7) is 9.27. The molecule has 1 amide bonds. The van der Waals surface area contributed by atoms with E-state index in [0.29, 0.717) is 0 Å². The molecule has 0 bridgehead atoms. The van der Waals surface area contributed by atoms with Crippen LogP contribution in [0.4, 0.5) is 4.79 Å². The smallest absolute Gasteiger partial charge is 0.410 e. The second kappa shape index (κ2) is 4.62. The van der Waals surface area contributed by atoms with Crippen molar-refractivity contribution in [3.05, 3.63) is 0 Å². The molecule has 16 heavy (non-hydrogen) atoms. The van der Waals surface area contributed by atoms with Gasteiger partial charge in [0, 0.05) is 6.04 Å². The van der Waals surface area contributed by atoms with Crippen LogP contribution in [0.2, 0.25) is 0 Å². The molecule has 1 N–H and O–H groups in total. The second-order valence-corrected chi connectivity index (χ2v) is 5.62. The minimum Gasteiger partial charge on any atom is -0.444 e. The summed E-state index contributed by atoms with van der Waals surface area (Å²) in [7, 11) is 0. The monoisotopic (exact) mass is 229 g/mol. The van der Waals surface area contributed by atoms with E-state index in [1.165, 1.54) is 0 Å². The summed E-state index contributed by atoms with van der Waals surface area (Å²) in [6.07, 6.45) is 0.952. The molecule has 3 atom stereocenters. The van der Waals surface area contributed by atoms with E-state index >= 15 is 0 Å². The predicted octanol–water partition coefficient (Wildman–Crippen LogP) is 2.16. The first-order valence-corrected chi connectivity index (χ1v) is 5.92. The van der Waals surface area contributed by atoms with Crippen molar-refractivity contribution in [2.24, 2.45) is 0 Å². The van der Waals surface area contributed by atoms with Crippen molar-refractivity contribution in [2.75, 3.05) is 0 Å². The van der Waals surface area contributed by atoms with Crippen LogP contribution in [0.15, 0.2) is 0 Å². The third-order valence-corrected chi connectivity index (χ3v) is 2.87. The highest BCUT2D eigenvalue weighted by Gasteiger charge is 2.39. The van der Waals surface area contributed by atoms with Gasteiger partial charge in [-0.05, 0) is 47.5 Å². The highest BCUT2D eigenvalue weighted by molar-refractivity contribution is 5.69. The summed E-state index contributed by atoms with van der Waals surface area (Å²) >= 11 is 0. The number of rotatable bonds is 1. The van der Waals surface area contributed by atoms with Gasteiger partial charge < -0.3 is 9.84 Å². The van der Waals surface area contributed by atoms with Gasteiger partial charge in [0.25, 0.3) is 0 Å². The molecule has 1 aliphatic rings. The van der Waals surface area contributed by atoms with Crippen molar-refractivity contribution in [1.82, 2.24) is 4.90 Å². The predicted molar refractivity (Wildman–Crippen MR) is 62.2 cm³/mol. The van der Waals surface area contributed by atoms with Gasteiger partial charge in [0.1, 0.15) is 5.60 Å². The van der Waals surface area contributed by atoms with Gasteiger partial charge in [-0.2, -0.15) is 0 Å². The standard InChI is InChI=1S/C12H23NO3/c1-8-6-7-10(9(2)14)13(8)11(15)16-12(3,4)5/h8-10,14H,6-7H2,1-5H3/t8-,9-,10-/m0/s1. The van der Waals surface area contributed by atoms with Crippen LogP contribution >= 0.6 is 0 Å². The number of hydrogen-bond donors (Lipinski definition) is 1. The number of carbonyl (C=O) groups excluding carboxylic acids is 1. The van der Waals surface area contributed by atoms with E-state index in [-0.39, 0.29) is 18.2 Å². The van der Waals surface area contributed by atoms with Gasteiger partial charge in [0.05, 0.1) is 12.1 Å². The SMILES string of the molecule is C[C@H](O)[C@@H]1CC[C@H](C)N1C(=O)OC(C)(C)C. The summed E-state index contributed by atoms with van der Waals surface area (Å²) in [5, 5.41) is 9.64. The van der Waals surface area contributed by atoms with E-state index in [1.54, 1.807) is 11.8 Å². The maximum atomic E-state index is 12.0. The third-order valence-electron chi connectivity index (χ3n) is 2.87. The Labute approximate surface area is 97.6 Å². The average Bonchev–Trinajstić information content (AvgIpc) is 2.43. The minimum absolute atomic E-state index is 0.107. The summed E-state index contributed by atoms with van der Waals surface area (Å²) in [6, 6.07) is 0.0410. The highest BCUT2D eigenvalue weighted by atomic mass is 16.6. The lowest BCUT2D eigenvalue weighted by molar-refractivity contribution is 0.000325. The Morgan fingerprint density at radius 2 is 2.00 bits per heavy atom. The molecule has 1 aliphatic heterocycles. The van der Waals surface area contributed by atoms with Crippen LogP contribution in [-0.2, 0) is 4.74 Å². The molecule has 1 rings (SSSR count). The van der Waals surface area contributed by atoms with Crippen LogP contribution in [0.25, 0.3) is 0 Å². The van der Waals surface area contributed by atoms with Crippen LogP contribution < -0.4 is 0 Å². The van der Waals surface area contributed by atoms with Gasteiger partial charge in [0.15, 0.2) is 0 Å². The van der Waals surface area contributed by atoms with Crippen LogP contribution in [0, 0.1) is 0 Å². The lowest BCUT2D eigenvalue weighted by Crippen LogP contribution is -2.47. The van der Waals surface area contributed by atoms with Crippen molar-refractivity contribution >= 4 is 6.09 Å². The third kappa shape index (κ3) is 3.11. The fraction of sp³-hybridized carbons (Fsp3) is 0.917. The van der Waals surface area contributed by atoms with Gasteiger partial charge in [-0.25, -0.2) is 4.79 Å². The first kappa shape index (κ1) is 13.3. The molecule has 0 aromatic rings. The van der Waals surface area contributed by atoms with Gasteiger partial charge in [-0.1, -0.05) is 0 Å². The zero-order valence-corrected chi connectivity index (χ0v) is 10.9. The lowest BCUT2D eigenvalue weighted by atomic mass is 10.1. The van der Waals surface area contributed by atoms with E-state index in [2.05, 4.69) is 0 Å². The van der Waals surface area contributed by atoms with Crippen molar-refractivity contribution in [3.8, 4) is 0 Å². The van der Waals surface area contributed by atoms with Gasteiger partial charge in [-0.15, -0.1) is 0 Å². The zero-order chi connectivity index (χ0) is 12.5. The van der Waals surface area contributed by atoms with Gasteiger partial charge >= 0.3 is 6.09 Å². The molecule has 4 heteroatoms. The van der Waals surface area contributed by atoms with Gasteiger partial charge in [-0.3, -0.25) is 4.90 Å². The summed E-state index contributed by atoms with van der Waals surface area (Å²) in [5.74, 6) is 0. The van der Waals surface area contributed by atoms with Gasteiger partial charge in [0.2, 0.25) is 0 Å². The number of hydrogen-bond acceptors (Lipinski definition) is 3. The lowest BCUT2D eigenvalue weighted by Gasteiger charge is -2.32. The molecule has 1 heterocycles. The zero-order valence-electron chi connectivity index (χ0n) is 10.9. The Balaban J connectivity index is 2.72.